The van der Waals surface area contributed by atoms with Gasteiger partial charge in [-0.2, -0.15) is 0 Å². The molecule has 7 heteroatoms. The minimum absolute atomic E-state index is 0. The van der Waals surface area contributed by atoms with Crippen molar-refractivity contribution >= 4 is 35.8 Å². The van der Waals surface area contributed by atoms with E-state index < -0.39 is 0 Å². The minimum atomic E-state index is 0. The molecule has 0 spiro atoms. The molecule has 1 amide bonds. The Morgan fingerprint density at radius 3 is 2.61 bits per heavy atom. The van der Waals surface area contributed by atoms with Gasteiger partial charge in [-0.3, -0.25) is 9.79 Å². The van der Waals surface area contributed by atoms with Crippen LogP contribution in [0.4, 0.5) is 0 Å². The topological polar surface area (TPSA) is 61.7 Å². The summed E-state index contributed by atoms with van der Waals surface area (Å²) in [6, 6.07) is 4.14. The van der Waals surface area contributed by atoms with Gasteiger partial charge in [0.05, 0.1) is 13.1 Å². The van der Waals surface area contributed by atoms with Crippen LogP contribution in [0.1, 0.15) is 26.5 Å². The second-order valence-electron chi connectivity index (χ2n) is 5.65. The first-order valence-electron chi connectivity index (χ1n) is 7.83. The maximum atomic E-state index is 11.5. The third kappa shape index (κ3) is 7.71. The molecule has 0 radical (unpaired) electrons. The number of carbonyl (C=O) groups is 1. The van der Waals surface area contributed by atoms with Crippen LogP contribution in [0.3, 0.4) is 0 Å². The summed E-state index contributed by atoms with van der Waals surface area (Å²) in [5, 5.41) is 6.16. The standard InChI is InChI=1S/C16H29N5O.HI/c1-6-17-16(19-10-9-18-15(22)13(2)3)21(5)12-14-8-7-11-20(14)4;/h7-8,11,13H,6,9-10,12H2,1-5H3,(H,17,19)(H,18,22);1H. The van der Waals surface area contributed by atoms with Gasteiger partial charge >= 0.3 is 0 Å². The molecule has 0 aromatic carbocycles. The van der Waals surface area contributed by atoms with E-state index in [0.717, 1.165) is 19.0 Å². The van der Waals surface area contributed by atoms with Crippen LogP contribution in [-0.2, 0) is 18.4 Å². The summed E-state index contributed by atoms with van der Waals surface area (Å²) in [4.78, 5) is 18.2. The Hall–Kier alpha value is -1.25. The molecule has 0 atom stereocenters. The zero-order chi connectivity index (χ0) is 16.5. The normalized spacial score (nSPS) is 11.1. The Kier molecular flexibility index (Phi) is 10.7. The van der Waals surface area contributed by atoms with Crippen LogP contribution >= 0.6 is 24.0 Å². The number of hydrogen-bond donors (Lipinski definition) is 2. The van der Waals surface area contributed by atoms with Crippen molar-refractivity contribution in [3.05, 3.63) is 24.0 Å². The van der Waals surface area contributed by atoms with Crippen molar-refractivity contribution in [2.24, 2.45) is 18.0 Å². The average Bonchev–Trinajstić information content (AvgIpc) is 2.87. The first kappa shape index (κ1) is 21.8. The van der Waals surface area contributed by atoms with Crippen LogP contribution in [0.15, 0.2) is 23.3 Å². The lowest BCUT2D eigenvalue weighted by molar-refractivity contribution is -0.123. The fraction of sp³-hybridized carbons (Fsp3) is 0.625. The van der Waals surface area contributed by atoms with E-state index in [1.807, 2.05) is 47.1 Å². The largest absolute Gasteiger partial charge is 0.357 e. The quantitative estimate of drug-likeness (QED) is 0.297. The van der Waals surface area contributed by atoms with E-state index in [1.165, 1.54) is 5.69 Å². The Morgan fingerprint density at radius 1 is 1.39 bits per heavy atom. The molecule has 0 saturated heterocycles. The summed E-state index contributed by atoms with van der Waals surface area (Å²) in [7, 11) is 4.05. The minimum Gasteiger partial charge on any atom is -0.357 e. The Balaban J connectivity index is 0.00000484. The molecule has 0 saturated carbocycles. The van der Waals surface area contributed by atoms with Crippen molar-refractivity contribution < 1.29 is 4.79 Å². The van der Waals surface area contributed by atoms with Crippen molar-refractivity contribution in [1.82, 2.24) is 20.1 Å². The number of halogens is 1. The summed E-state index contributed by atoms with van der Waals surface area (Å²) in [6.07, 6.45) is 2.04. The van der Waals surface area contributed by atoms with E-state index in [1.54, 1.807) is 0 Å². The van der Waals surface area contributed by atoms with Gasteiger partial charge in [0.15, 0.2) is 5.96 Å². The van der Waals surface area contributed by atoms with Gasteiger partial charge < -0.3 is 20.1 Å². The van der Waals surface area contributed by atoms with Crippen LogP contribution in [0.2, 0.25) is 0 Å². The van der Waals surface area contributed by atoms with Crippen LogP contribution in [0.25, 0.3) is 0 Å². The van der Waals surface area contributed by atoms with Crippen LogP contribution in [0.5, 0.6) is 0 Å². The second kappa shape index (κ2) is 11.3. The maximum Gasteiger partial charge on any atom is 0.222 e. The molecular weight excluding hydrogens is 405 g/mol. The summed E-state index contributed by atoms with van der Waals surface area (Å²) < 4.78 is 2.10. The lowest BCUT2D eigenvalue weighted by atomic mass is 10.2. The second-order valence-corrected chi connectivity index (χ2v) is 5.65. The zero-order valence-electron chi connectivity index (χ0n) is 14.8. The molecule has 6 nitrogen and oxygen atoms in total. The molecule has 132 valence electrons. The molecule has 2 N–H and O–H groups in total. The highest BCUT2D eigenvalue weighted by atomic mass is 127. The van der Waals surface area contributed by atoms with Gasteiger partial charge in [0.2, 0.25) is 5.91 Å². The fourth-order valence-electron chi connectivity index (χ4n) is 1.99. The molecule has 0 aliphatic heterocycles. The lowest BCUT2D eigenvalue weighted by Gasteiger charge is -2.22. The number of guanidine groups is 1. The summed E-state index contributed by atoms with van der Waals surface area (Å²) >= 11 is 0. The number of nitrogens with one attached hydrogen (secondary N) is 2. The summed E-state index contributed by atoms with van der Waals surface area (Å²) in [6.45, 7) is 8.55. The molecule has 1 heterocycles. The molecule has 0 fully saturated rings. The van der Waals surface area contributed by atoms with Gasteiger partial charge in [0.25, 0.3) is 0 Å². The number of aliphatic imine (C=N–C) groups is 1. The first-order chi connectivity index (χ1) is 10.5. The van der Waals surface area contributed by atoms with Crippen molar-refractivity contribution in [3.8, 4) is 0 Å². The predicted octanol–water partition coefficient (Wildman–Crippen LogP) is 1.81. The number of aryl methyl sites for hydroxylation is 1. The van der Waals surface area contributed by atoms with E-state index in [-0.39, 0.29) is 35.8 Å². The van der Waals surface area contributed by atoms with E-state index in [9.17, 15) is 4.79 Å². The lowest BCUT2D eigenvalue weighted by Crippen LogP contribution is -2.39. The Bertz CT molecular complexity index is 498. The molecule has 0 aliphatic carbocycles. The zero-order valence-corrected chi connectivity index (χ0v) is 17.1. The predicted molar refractivity (Wildman–Crippen MR) is 106 cm³/mol. The van der Waals surface area contributed by atoms with Crippen molar-refractivity contribution in [2.45, 2.75) is 27.3 Å². The number of nitrogens with zero attached hydrogens (tertiary/aromatic N) is 3. The van der Waals surface area contributed by atoms with Crippen LogP contribution < -0.4 is 10.6 Å². The van der Waals surface area contributed by atoms with Gasteiger partial charge in [-0.1, -0.05) is 13.8 Å². The number of aromatic nitrogens is 1. The van der Waals surface area contributed by atoms with E-state index in [0.29, 0.717) is 13.1 Å². The van der Waals surface area contributed by atoms with Gasteiger partial charge in [0.1, 0.15) is 0 Å². The smallest absolute Gasteiger partial charge is 0.222 e. The molecule has 1 rings (SSSR count). The number of rotatable bonds is 7. The molecule has 0 bridgehead atoms. The SMILES string of the molecule is CCNC(=NCCNC(=O)C(C)C)N(C)Cc1cccn1C.I. The summed E-state index contributed by atoms with van der Waals surface area (Å²) in [5.41, 5.74) is 1.22. The molecular formula is C16H30IN5O. The van der Waals surface area contributed by atoms with Crippen molar-refractivity contribution in [1.29, 1.82) is 0 Å². The van der Waals surface area contributed by atoms with Crippen LogP contribution in [0, 0.1) is 5.92 Å². The first-order valence-corrected chi connectivity index (χ1v) is 7.83. The third-order valence-electron chi connectivity index (χ3n) is 3.34. The highest BCUT2D eigenvalue weighted by molar-refractivity contribution is 14.0. The molecule has 23 heavy (non-hydrogen) atoms. The molecule has 0 unspecified atom stereocenters. The average molecular weight is 435 g/mol. The van der Waals surface area contributed by atoms with E-state index in [2.05, 4.69) is 31.2 Å². The highest BCUT2D eigenvalue weighted by Crippen LogP contribution is 2.03. The van der Waals surface area contributed by atoms with Gasteiger partial charge in [-0.05, 0) is 19.1 Å². The third-order valence-corrected chi connectivity index (χ3v) is 3.34. The number of hydrogen-bond acceptors (Lipinski definition) is 2. The number of carbonyl (C=O) groups excluding carboxylic acids is 1. The Labute approximate surface area is 156 Å². The van der Waals surface area contributed by atoms with Gasteiger partial charge in [-0.15, -0.1) is 24.0 Å². The summed E-state index contributed by atoms with van der Waals surface area (Å²) in [5.74, 6) is 0.928. The van der Waals surface area contributed by atoms with Crippen molar-refractivity contribution in [2.75, 3.05) is 26.7 Å². The van der Waals surface area contributed by atoms with E-state index in [4.69, 9.17) is 0 Å². The molecule has 1 aromatic heterocycles. The fourth-order valence-corrected chi connectivity index (χ4v) is 1.99. The Morgan fingerprint density at radius 2 is 2.09 bits per heavy atom. The molecule has 0 aliphatic rings. The van der Waals surface area contributed by atoms with Crippen molar-refractivity contribution in [3.63, 3.8) is 0 Å². The number of amides is 1. The van der Waals surface area contributed by atoms with Gasteiger partial charge in [-0.25, -0.2) is 0 Å². The molecule has 1 aromatic rings. The monoisotopic (exact) mass is 435 g/mol. The maximum absolute atomic E-state index is 11.5. The van der Waals surface area contributed by atoms with E-state index >= 15 is 0 Å². The van der Waals surface area contributed by atoms with Gasteiger partial charge in [0, 0.05) is 45.0 Å². The highest BCUT2D eigenvalue weighted by Gasteiger charge is 2.08. The van der Waals surface area contributed by atoms with Crippen LogP contribution in [-0.4, -0.2) is 48.0 Å².